The van der Waals surface area contributed by atoms with Gasteiger partial charge in [0.2, 0.25) is 0 Å². The molecule has 1 aromatic heterocycles. The van der Waals surface area contributed by atoms with Crippen molar-refractivity contribution in [1.82, 2.24) is 4.57 Å². The molecule has 1 atom stereocenters. The third-order valence-electron chi connectivity index (χ3n) is 11.0. The highest BCUT2D eigenvalue weighted by molar-refractivity contribution is 7.86. The van der Waals surface area contributed by atoms with Crippen LogP contribution in [-0.4, -0.2) is 4.57 Å². The smallest absolute Gasteiger partial charge is 0.172 e. The van der Waals surface area contributed by atoms with Gasteiger partial charge in [-0.25, -0.2) is 0 Å². The molecule has 0 amide bonds. The summed E-state index contributed by atoms with van der Waals surface area (Å²) in [5.74, 6) is 0. The molecule has 0 spiro atoms. The molecule has 1 unspecified atom stereocenters. The number of hydrogen-bond acceptors (Lipinski definition) is 1. The van der Waals surface area contributed by atoms with Crippen molar-refractivity contribution in [2.24, 2.45) is 0 Å². The molecule has 1 aliphatic heterocycles. The average Bonchev–Trinajstić information content (AvgIpc) is 3.67. The number of para-hydroxylation sites is 1. The fourth-order valence-electron chi connectivity index (χ4n) is 8.91. The van der Waals surface area contributed by atoms with Crippen molar-refractivity contribution in [3.8, 4) is 27.9 Å². The molecule has 0 radical (unpaired) electrons. The maximum absolute atomic E-state index is 16.0. The van der Waals surface area contributed by atoms with Crippen LogP contribution in [0.5, 0.6) is 0 Å². The maximum atomic E-state index is 16.0. The normalized spacial score (nSPS) is 15.2. The summed E-state index contributed by atoms with van der Waals surface area (Å²) in [6.07, 6.45) is 0. The molecule has 3 heteroatoms. The topological polar surface area (TPSA) is 22.0 Å². The lowest BCUT2D eigenvalue weighted by molar-refractivity contribution is 0.593. The number of hydrogen-bond donors (Lipinski definition) is 0. The Morgan fingerprint density at radius 3 is 1.73 bits per heavy atom. The number of nitrogens with zero attached hydrogens (tertiary/aromatic N) is 1. The minimum absolute atomic E-state index is 0.871. The fraction of sp³-hybridized carbons (Fsp3) is 0. The van der Waals surface area contributed by atoms with Gasteiger partial charge in [0.05, 0.1) is 16.7 Å². The van der Waals surface area contributed by atoms with Crippen LogP contribution in [0.15, 0.2) is 182 Å². The lowest BCUT2D eigenvalue weighted by atomic mass is 9.88. The van der Waals surface area contributed by atoms with Crippen molar-refractivity contribution in [3.63, 3.8) is 0 Å². The van der Waals surface area contributed by atoms with Crippen LogP contribution in [0.3, 0.4) is 0 Å². The van der Waals surface area contributed by atoms with Gasteiger partial charge in [0.1, 0.15) is 0 Å². The molecule has 0 N–H and O–H groups in total. The van der Waals surface area contributed by atoms with Gasteiger partial charge in [-0.05, 0) is 55.9 Å². The second-order valence-electron chi connectivity index (χ2n) is 13.5. The van der Waals surface area contributed by atoms with Crippen LogP contribution >= 0.6 is 7.14 Å². The summed E-state index contributed by atoms with van der Waals surface area (Å²) >= 11 is 0. The van der Waals surface area contributed by atoms with Gasteiger partial charge in [0, 0.05) is 37.5 Å². The number of benzene rings is 9. The fourth-order valence-corrected chi connectivity index (χ4v) is 12.2. The van der Waals surface area contributed by atoms with Gasteiger partial charge in [-0.3, -0.25) is 0 Å². The van der Waals surface area contributed by atoms with E-state index in [9.17, 15) is 0 Å². The molecule has 0 aliphatic carbocycles. The average molecular weight is 668 g/mol. The van der Waals surface area contributed by atoms with E-state index in [0.29, 0.717) is 0 Å². The predicted molar refractivity (Wildman–Crippen MR) is 217 cm³/mol. The van der Waals surface area contributed by atoms with Gasteiger partial charge >= 0.3 is 0 Å². The summed E-state index contributed by atoms with van der Waals surface area (Å²) in [7, 11) is -3.21. The van der Waals surface area contributed by atoms with E-state index in [-0.39, 0.29) is 0 Å². The molecule has 2 nitrogen and oxygen atoms in total. The van der Waals surface area contributed by atoms with Crippen LogP contribution in [0.1, 0.15) is 0 Å². The van der Waals surface area contributed by atoms with Gasteiger partial charge in [-0.15, -0.1) is 0 Å². The first kappa shape index (κ1) is 28.6. The van der Waals surface area contributed by atoms with E-state index < -0.39 is 7.14 Å². The molecule has 51 heavy (non-hydrogen) atoms. The third kappa shape index (κ3) is 3.80. The van der Waals surface area contributed by atoms with Gasteiger partial charge in [-0.1, -0.05) is 170 Å². The Labute approximate surface area is 295 Å². The van der Waals surface area contributed by atoms with Crippen LogP contribution in [0, 0.1) is 0 Å². The van der Waals surface area contributed by atoms with E-state index in [1.54, 1.807) is 0 Å². The SMILES string of the molecule is O=P1(c2ccccc2)c2ccccc2-c2ccc3c(c21)c1ccccc1n3-c1c2ccccc2c(-c2cccc3ccccc23)c2ccccc12. The summed E-state index contributed by atoms with van der Waals surface area (Å²) in [5.41, 5.74) is 7.90. The first-order valence-corrected chi connectivity index (χ1v) is 19.2. The minimum atomic E-state index is -3.21. The zero-order valence-corrected chi connectivity index (χ0v) is 28.5. The highest BCUT2D eigenvalue weighted by Crippen LogP contribution is 2.55. The first-order valence-electron chi connectivity index (χ1n) is 17.5. The second kappa shape index (κ2) is 10.6. The van der Waals surface area contributed by atoms with Crippen LogP contribution in [-0.2, 0) is 4.57 Å². The van der Waals surface area contributed by atoms with Gasteiger partial charge < -0.3 is 9.13 Å². The Morgan fingerprint density at radius 1 is 0.392 bits per heavy atom. The molecule has 0 saturated heterocycles. The molecule has 0 fully saturated rings. The summed E-state index contributed by atoms with van der Waals surface area (Å²) in [6, 6.07) is 64.5. The van der Waals surface area contributed by atoms with Crippen LogP contribution < -0.4 is 15.9 Å². The lowest BCUT2D eigenvalue weighted by Gasteiger charge is -2.20. The largest absolute Gasteiger partial charge is 0.309 e. The number of aromatic nitrogens is 1. The highest BCUT2D eigenvalue weighted by atomic mass is 31.2. The lowest BCUT2D eigenvalue weighted by Crippen LogP contribution is -2.21. The molecule has 0 saturated carbocycles. The minimum Gasteiger partial charge on any atom is -0.309 e. The maximum Gasteiger partial charge on any atom is 0.172 e. The van der Waals surface area contributed by atoms with E-state index in [1.807, 2.05) is 36.4 Å². The predicted octanol–water partition coefficient (Wildman–Crippen LogP) is 11.5. The molecular formula is C48H30NOP. The summed E-state index contributed by atoms with van der Waals surface area (Å²) in [6.45, 7) is 0. The second-order valence-corrected chi connectivity index (χ2v) is 16.2. The molecule has 1 aliphatic rings. The van der Waals surface area contributed by atoms with E-state index in [4.69, 9.17) is 0 Å². The Hall–Kier alpha value is -6.21. The Kier molecular flexibility index (Phi) is 5.97. The molecule has 0 bridgehead atoms. The van der Waals surface area contributed by atoms with E-state index in [0.717, 1.165) is 54.5 Å². The molecular weight excluding hydrogens is 638 g/mol. The first-order chi connectivity index (χ1) is 25.2. The molecule has 9 aromatic carbocycles. The van der Waals surface area contributed by atoms with Crippen molar-refractivity contribution in [2.75, 3.05) is 0 Å². The summed E-state index contributed by atoms with van der Waals surface area (Å²) in [4.78, 5) is 0. The zero-order valence-electron chi connectivity index (χ0n) is 27.6. The quantitative estimate of drug-likeness (QED) is 0.136. The zero-order chi connectivity index (χ0) is 33.7. The van der Waals surface area contributed by atoms with Crippen LogP contribution in [0.2, 0.25) is 0 Å². The van der Waals surface area contributed by atoms with Gasteiger partial charge in [0.25, 0.3) is 0 Å². The van der Waals surface area contributed by atoms with E-state index in [1.165, 1.54) is 43.4 Å². The van der Waals surface area contributed by atoms with Crippen molar-refractivity contribution in [2.45, 2.75) is 0 Å². The standard InChI is InChI=1S/C48H30NOP/c50-51(32-17-2-1-3-18-32)44-28-13-11-20-34(44)40-29-30-43-46(48(40)51)41-25-10-12-27-42(41)49(43)47-38-23-8-6-21-36(38)45(37-22-7-9-24-39(37)47)35-26-14-16-31-15-4-5-19-33(31)35/h1-30H. The molecule has 10 aromatic rings. The van der Waals surface area contributed by atoms with Gasteiger partial charge in [-0.2, -0.15) is 0 Å². The van der Waals surface area contributed by atoms with Crippen molar-refractivity contribution < 1.29 is 4.57 Å². The Balaban J connectivity index is 1.32. The van der Waals surface area contributed by atoms with Crippen molar-refractivity contribution in [1.29, 1.82) is 0 Å². The monoisotopic (exact) mass is 667 g/mol. The number of rotatable bonds is 3. The van der Waals surface area contributed by atoms with E-state index in [2.05, 4.69) is 150 Å². The molecule has 238 valence electrons. The molecule has 11 rings (SSSR count). The Morgan fingerprint density at radius 2 is 0.961 bits per heavy atom. The van der Waals surface area contributed by atoms with E-state index >= 15 is 4.57 Å². The summed E-state index contributed by atoms with van der Waals surface area (Å²) < 4.78 is 18.4. The summed E-state index contributed by atoms with van der Waals surface area (Å²) in [5, 5.41) is 12.2. The third-order valence-corrected chi connectivity index (χ3v) is 14.2. The Bertz CT molecular complexity index is 3060. The van der Waals surface area contributed by atoms with Crippen molar-refractivity contribution in [3.05, 3.63) is 182 Å². The molecule has 2 heterocycles. The highest BCUT2D eigenvalue weighted by Gasteiger charge is 2.42. The number of fused-ring (bicyclic) bond motifs is 10. The van der Waals surface area contributed by atoms with Crippen LogP contribution in [0.4, 0.5) is 0 Å². The van der Waals surface area contributed by atoms with Crippen molar-refractivity contribution >= 4 is 77.2 Å². The van der Waals surface area contributed by atoms with Gasteiger partial charge in [0.15, 0.2) is 7.14 Å². The van der Waals surface area contributed by atoms with Crippen LogP contribution in [0.25, 0.3) is 82.1 Å².